The van der Waals surface area contributed by atoms with E-state index in [1.165, 1.54) is 12.8 Å². The van der Waals surface area contributed by atoms with Crippen molar-refractivity contribution in [2.75, 3.05) is 7.11 Å². The number of rotatable bonds is 2. The van der Waals surface area contributed by atoms with Crippen molar-refractivity contribution in [3.63, 3.8) is 0 Å². The molecule has 1 aromatic heterocycles. The molecule has 0 radical (unpaired) electrons. The van der Waals surface area contributed by atoms with E-state index < -0.39 is 0 Å². The minimum absolute atomic E-state index is 0.000815. The fraction of sp³-hybridized carbons (Fsp3) is 0.412. The number of aromatic nitrogens is 1. The summed E-state index contributed by atoms with van der Waals surface area (Å²) in [4.78, 5) is 28.3. The lowest BCUT2D eigenvalue weighted by molar-refractivity contribution is 0.0939. The molecular formula is C17H17NO3. The zero-order valence-corrected chi connectivity index (χ0v) is 11.9. The number of H-pyrrole nitrogens is 1. The Kier molecular flexibility index (Phi) is 2.67. The first kappa shape index (κ1) is 12.6. The van der Waals surface area contributed by atoms with Crippen LogP contribution < -0.4 is 10.2 Å². The van der Waals surface area contributed by atoms with Gasteiger partial charge in [0, 0.05) is 23.0 Å². The number of nitrogens with one attached hydrogen (secondary N) is 1. The molecule has 0 spiro atoms. The molecular weight excluding hydrogens is 266 g/mol. The molecule has 4 heteroatoms. The molecule has 1 atom stereocenters. The van der Waals surface area contributed by atoms with Crippen molar-refractivity contribution >= 4 is 16.7 Å². The lowest BCUT2D eigenvalue weighted by Gasteiger charge is -2.23. The van der Waals surface area contributed by atoms with Gasteiger partial charge < -0.3 is 9.72 Å². The number of benzene rings is 1. The van der Waals surface area contributed by atoms with Crippen molar-refractivity contribution < 1.29 is 9.53 Å². The highest BCUT2D eigenvalue weighted by molar-refractivity contribution is 6.01. The van der Waals surface area contributed by atoms with Crippen molar-refractivity contribution in [3.8, 4) is 5.75 Å². The molecule has 21 heavy (non-hydrogen) atoms. The smallest absolute Gasteiger partial charge is 0.200 e. The second-order valence-corrected chi connectivity index (χ2v) is 6.15. The summed E-state index contributed by atoms with van der Waals surface area (Å²) in [6.45, 7) is 0. The van der Waals surface area contributed by atoms with Crippen molar-refractivity contribution in [2.45, 2.75) is 25.7 Å². The van der Waals surface area contributed by atoms with Crippen LogP contribution in [0.25, 0.3) is 10.9 Å². The van der Waals surface area contributed by atoms with Crippen LogP contribution >= 0.6 is 0 Å². The third-order valence-corrected chi connectivity index (χ3v) is 4.77. The number of ether oxygens (including phenoxy) is 1. The van der Waals surface area contributed by atoms with Gasteiger partial charge in [-0.1, -0.05) is 0 Å². The predicted molar refractivity (Wildman–Crippen MR) is 80.0 cm³/mol. The maximum absolute atomic E-state index is 12.6. The maximum Gasteiger partial charge on any atom is 0.200 e. The highest BCUT2D eigenvalue weighted by Crippen LogP contribution is 2.42. The highest BCUT2D eigenvalue weighted by atomic mass is 16.5. The first-order chi connectivity index (χ1) is 10.2. The molecule has 1 unspecified atom stereocenters. The Balaban J connectivity index is 1.91. The van der Waals surface area contributed by atoms with E-state index in [0.29, 0.717) is 35.0 Å². The van der Waals surface area contributed by atoms with Crippen LogP contribution in [0.5, 0.6) is 5.75 Å². The maximum atomic E-state index is 12.6. The van der Waals surface area contributed by atoms with Crippen LogP contribution in [0.1, 0.15) is 35.3 Å². The molecule has 4 nitrogen and oxygen atoms in total. The molecule has 2 aromatic rings. The first-order valence-corrected chi connectivity index (χ1v) is 7.43. The van der Waals surface area contributed by atoms with Crippen LogP contribution in [0.4, 0.5) is 0 Å². The lowest BCUT2D eigenvalue weighted by atomic mass is 9.82. The third kappa shape index (κ3) is 1.97. The van der Waals surface area contributed by atoms with Crippen LogP contribution in [-0.2, 0) is 6.42 Å². The van der Waals surface area contributed by atoms with E-state index in [9.17, 15) is 9.59 Å². The normalized spacial score (nSPS) is 21.4. The minimum Gasteiger partial charge on any atom is -0.497 e. The number of fused-ring (bicyclic) bond motifs is 2. The third-order valence-electron chi connectivity index (χ3n) is 4.77. The average Bonchev–Trinajstić information content (AvgIpc) is 3.31. The second kappa shape index (κ2) is 4.45. The zero-order valence-electron chi connectivity index (χ0n) is 11.9. The molecule has 4 rings (SSSR count). The summed E-state index contributed by atoms with van der Waals surface area (Å²) >= 11 is 0. The molecule has 2 aliphatic carbocycles. The number of Topliss-reactive ketones (excluding diaryl/α,β-unsaturated/α-hetero) is 1. The Hall–Kier alpha value is -2.10. The average molecular weight is 283 g/mol. The van der Waals surface area contributed by atoms with Gasteiger partial charge >= 0.3 is 0 Å². The molecule has 108 valence electrons. The Morgan fingerprint density at radius 3 is 2.67 bits per heavy atom. The fourth-order valence-electron chi connectivity index (χ4n) is 3.47. The molecule has 1 aromatic carbocycles. The Labute approximate surface area is 122 Å². The molecule has 1 fully saturated rings. The van der Waals surface area contributed by atoms with E-state index in [0.717, 1.165) is 17.6 Å². The second-order valence-electron chi connectivity index (χ2n) is 6.15. The van der Waals surface area contributed by atoms with Gasteiger partial charge in [0.2, 0.25) is 5.43 Å². The standard InChI is InChI=1S/C17H17NO3/c1-21-11-4-5-13-12(8-11)17(20)16-14(18-13)6-10(7-15(16)19)9-2-3-9/h4-5,8-10H,2-3,6-7H2,1H3,(H,18,20). The predicted octanol–water partition coefficient (Wildman–Crippen LogP) is 2.69. The van der Waals surface area contributed by atoms with Crippen LogP contribution in [0.2, 0.25) is 0 Å². The minimum atomic E-state index is -0.156. The van der Waals surface area contributed by atoms with Crippen LogP contribution in [0.15, 0.2) is 23.0 Å². The number of carbonyl (C=O) groups is 1. The number of pyridine rings is 1. The quantitative estimate of drug-likeness (QED) is 0.921. The van der Waals surface area contributed by atoms with E-state index in [2.05, 4.69) is 4.98 Å². The lowest BCUT2D eigenvalue weighted by Crippen LogP contribution is -2.29. The number of aromatic amines is 1. The zero-order chi connectivity index (χ0) is 14.6. The van der Waals surface area contributed by atoms with Gasteiger partial charge in [0.15, 0.2) is 5.78 Å². The van der Waals surface area contributed by atoms with Gasteiger partial charge in [0.1, 0.15) is 5.75 Å². The van der Waals surface area contributed by atoms with Crippen LogP contribution in [0.3, 0.4) is 0 Å². The molecule has 2 aliphatic rings. The van der Waals surface area contributed by atoms with Crippen molar-refractivity contribution in [3.05, 3.63) is 39.7 Å². The van der Waals surface area contributed by atoms with E-state index in [4.69, 9.17) is 4.74 Å². The SMILES string of the molecule is COc1ccc2[nH]c3c(c(=O)c2c1)C(=O)CC(C1CC1)C3. The summed E-state index contributed by atoms with van der Waals surface area (Å²) < 4.78 is 5.17. The Morgan fingerprint density at radius 2 is 1.95 bits per heavy atom. The van der Waals surface area contributed by atoms with Gasteiger partial charge in [-0.25, -0.2) is 0 Å². The van der Waals surface area contributed by atoms with E-state index in [1.807, 2.05) is 12.1 Å². The monoisotopic (exact) mass is 283 g/mol. The number of hydrogen-bond acceptors (Lipinski definition) is 3. The van der Waals surface area contributed by atoms with Gasteiger partial charge in [-0.15, -0.1) is 0 Å². The molecule has 0 amide bonds. The van der Waals surface area contributed by atoms with Crippen molar-refractivity contribution in [1.29, 1.82) is 0 Å². The summed E-state index contributed by atoms with van der Waals surface area (Å²) in [6.07, 6.45) is 3.80. The van der Waals surface area contributed by atoms with Crippen molar-refractivity contribution in [1.82, 2.24) is 4.98 Å². The van der Waals surface area contributed by atoms with E-state index in [-0.39, 0.29) is 11.2 Å². The summed E-state index contributed by atoms with van der Waals surface area (Å²) in [6, 6.07) is 5.38. The number of methoxy groups -OCH3 is 1. The van der Waals surface area contributed by atoms with Gasteiger partial charge in [-0.05, 0) is 49.3 Å². The number of hydrogen-bond donors (Lipinski definition) is 1. The topological polar surface area (TPSA) is 59.2 Å². The summed E-state index contributed by atoms with van der Waals surface area (Å²) in [5.41, 5.74) is 1.82. The molecule has 0 saturated heterocycles. The molecule has 1 N–H and O–H groups in total. The summed E-state index contributed by atoms with van der Waals surface area (Å²) in [5.74, 6) is 1.72. The molecule has 0 aliphatic heterocycles. The van der Waals surface area contributed by atoms with Gasteiger partial charge in [0.05, 0.1) is 12.7 Å². The van der Waals surface area contributed by atoms with Crippen molar-refractivity contribution in [2.24, 2.45) is 11.8 Å². The van der Waals surface area contributed by atoms with E-state index in [1.54, 1.807) is 13.2 Å². The fourth-order valence-corrected chi connectivity index (χ4v) is 3.47. The largest absolute Gasteiger partial charge is 0.497 e. The molecule has 1 heterocycles. The van der Waals surface area contributed by atoms with Gasteiger partial charge in [0.25, 0.3) is 0 Å². The molecule has 1 saturated carbocycles. The van der Waals surface area contributed by atoms with Crippen LogP contribution in [-0.4, -0.2) is 17.9 Å². The number of carbonyl (C=O) groups excluding carboxylic acids is 1. The summed E-state index contributed by atoms with van der Waals surface area (Å²) in [5, 5.41) is 0.534. The van der Waals surface area contributed by atoms with Gasteiger partial charge in [-0.3, -0.25) is 9.59 Å². The molecule has 0 bridgehead atoms. The highest BCUT2D eigenvalue weighted by Gasteiger charge is 2.37. The number of ketones is 1. The van der Waals surface area contributed by atoms with Gasteiger partial charge in [-0.2, -0.15) is 0 Å². The first-order valence-electron chi connectivity index (χ1n) is 7.43. The Bertz CT molecular complexity index is 802. The van der Waals surface area contributed by atoms with E-state index >= 15 is 0 Å². The Morgan fingerprint density at radius 1 is 1.14 bits per heavy atom. The summed E-state index contributed by atoms with van der Waals surface area (Å²) in [7, 11) is 1.57. The van der Waals surface area contributed by atoms with Crippen LogP contribution in [0, 0.1) is 11.8 Å².